The van der Waals surface area contributed by atoms with Crippen LogP contribution in [0.15, 0.2) is 24.3 Å². The summed E-state index contributed by atoms with van der Waals surface area (Å²) in [4.78, 5) is 2.17. The number of ether oxygens (including phenoxy) is 1. The first-order valence-electron chi connectivity index (χ1n) is 6.62. The Bertz CT molecular complexity index is 413. The van der Waals surface area contributed by atoms with Crippen molar-refractivity contribution in [3.63, 3.8) is 0 Å². The van der Waals surface area contributed by atoms with E-state index in [1.54, 1.807) is 13.0 Å². The maximum atomic E-state index is 9.20. The summed E-state index contributed by atoms with van der Waals surface area (Å²) in [6.07, 6.45) is 1.44. The van der Waals surface area contributed by atoms with Crippen molar-refractivity contribution in [1.82, 2.24) is 4.90 Å². The number of nitrogens with zero attached hydrogens (tertiary/aromatic N) is 2. The first-order chi connectivity index (χ1) is 9.13. The van der Waals surface area contributed by atoms with Crippen molar-refractivity contribution in [3.8, 4) is 11.8 Å². The summed E-state index contributed by atoms with van der Waals surface area (Å²) in [6.45, 7) is 4.20. The highest BCUT2D eigenvalue weighted by Crippen LogP contribution is 2.16. The van der Waals surface area contributed by atoms with Crippen LogP contribution in [0.4, 0.5) is 0 Å². The molecule has 1 aromatic rings. The number of aliphatic hydroxyl groups excluding tert-OH is 1. The molecule has 0 fully saturated rings. The number of benzene rings is 1. The zero-order chi connectivity index (χ0) is 14.1. The monoisotopic (exact) mass is 262 g/mol. The molecule has 0 heterocycles. The van der Waals surface area contributed by atoms with E-state index in [-0.39, 0.29) is 6.10 Å². The second-order valence-corrected chi connectivity index (χ2v) is 4.75. The normalized spacial score (nSPS) is 12.2. The van der Waals surface area contributed by atoms with E-state index in [2.05, 4.69) is 11.0 Å². The molecule has 104 valence electrons. The topological polar surface area (TPSA) is 56.5 Å². The molecule has 1 unspecified atom stereocenters. The van der Waals surface area contributed by atoms with Crippen LogP contribution in [0.1, 0.15) is 25.3 Å². The summed E-state index contributed by atoms with van der Waals surface area (Å²) in [6, 6.07) is 9.38. The Balaban J connectivity index is 2.22. The molecule has 0 spiro atoms. The average molecular weight is 262 g/mol. The lowest BCUT2D eigenvalue weighted by Gasteiger charge is -2.17. The van der Waals surface area contributed by atoms with Crippen LogP contribution in [0.5, 0.6) is 5.75 Å². The van der Waals surface area contributed by atoms with Gasteiger partial charge in [0, 0.05) is 13.1 Å². The quantitative estimate of drug-likeness (QED) is 0.728. The number of aliphatic hydroxyl groups is 1. The van der Waals surface area contributed by atoms with Gasteiger partial charge < -0.3 is 14.7 Å². The zero-order valence-corrected chi connectivity index (χ0v) is 11.7. The van der Waals surface area contributed by atoms with Crippen LogP contribution in [-0.2, 0) is 0 Å². The highest BCUT2D eigenvalue weighted by atomic mass is 16.5. The van der Waals surface area contributed by atoms with E-state index in [0.29, 0.717) is 17.9 Å². The van der Waals surface area contributed by atoms with Gasteiger partial charge in [0.15, 0.2) is 0 Å². The lowest BCUT2D eigenvalue weighted by atomic mass is 10.2. The Kier molecular flexibility index (Phi) is 6.94. The van der Waals surface area contributed by atoms with Crippen molar-refractivity contribution < 1.29 is 9.84 Å². The highest BCUT2D eigenvalue weighted by molar-refractivity contribution is 5.42. The first-order valence-corrected chi connectivity index (χ1v) is 6.62. The Labute approximate surface area is 115 Å². The molecule has 0 aliphatic carbocycles. The molecular formula is C15H22N2O2. The van der Waals surface area contributed by atoms with Gasteiger partial charge in [0.05, 0.1) is 18.3 Å². The molecule has 1 N–H and O–H groups in total. The molecule has 0 saturated heterocycles. The van der Waals surface area contributed by atoms with Gasteiger partial charge in [-0.05, 0) is 38.9 Å². The van der Waals surface area contributed by atoms with Gasteiger partial charge in [-0.3, -0.25) is 0 Å². The van der Waals surface area contributed by atoms with Crippen molar-refractivity contribution in [2.75, 3.05) is 26.7 Å². The van der Waals surface area contributed by atoms with E-state index in [0.717, 1.165) is 25.9 Å². The minimum atomic E-state index is -0.249. The molecular weight excluding hydrogens is 240 g/mol. The molecule has 0 radical (unpaired) electrons. The molecule has 0 aromatic heterocycles. The SMILES string of the molecule is CC(O)CCN(C)CCCOc1ccccc1C#N. The Morgan fingerprint density at radius 3 is 2.79 bits per heavy atom. The third-order valence-electron chi connectivity index (χ3n) is 2.88. The van der Waals surface area contributed by atoms with Crippen LogP contribution in [0.3, 0.4) is 0 Å². The number of hydrogen-bond donors (Lipinski definition) is 1. The third-order valence-corrected chi connectivity index (χ3v) is 2.88. The van der Waals surface area contributed by atoms with Crippen LogP contribution in [0.2, 0.25) is 0 Å². The Hall–Kier alpha value is -1.57. The second-order valence-electron chi connectivity index (χ2n) is 4.75. The fourth-order valence-corrected chi connectivity index (χ4v) is 1.72. The van der Waals surface area contributed by atoms with Gasteiger partial charge in [-0.2, -0.15) is 5.26 Å². The van der Waals surface area contributed by atoms with Crippen LogP contribution in [0.25, 0.3) is 0 Å². The molecule has 0 amide bonds. The molecule has 0 saturated carbocycles. The average Bonchev–Trinajstić information content (AvgIpc) is 2.41. The number of para-hydroxylation sites is 1. The fraction of sp³-hybridized carbons (Fsp3) is 0.533. The highest BCUT2D eigenvalue weighted by Gasteiger charge is 2.03. The maximum absolute atomic E-state index is 9.20. The summed E-state index contributed by atoms with van der Waals surface area (Å²) < 4.78 is 5.61. The van der Waals surface area contributed by atoms with Gasteiger partial charge in [0.2, 0.25) is 0 Å². The van der Waals surface area contributed by atoms with Crippen molar-refractivity contribution in [3.05, 3.63) is 29.8 Å². The molecule has 4 nitrogen and oxygen atoms in total. The van der Waals surface area contributed by atoms with Crippen LogP contribution >= 0.6 is 0 Å². The zero-order valence-electron chi connectivity index (χ0n) is 11.7. The lowest BCUT2D eigenvalue weighted by Crippen LogP contribution is -2.24. The summed E-state index contributed by atoms with van der Waals surface area (Å²) in [5.41, 5.74) is 0.574. The lowest BCUT2D eigenvalue weighted by molar-refractivity contribution is 0.162. The summed E-state index contributed by atoms with van der Waals surface area (Å²) in [5, 5.41) is 18.1. The molecule has 19 heavy (non-hydrogen) atoms. The minimum Gasteiger partial charge on any atom is -0.492 e. The van der Waals surface area contributed by atoms with Gasteiger partial charge in [0.25, 0.3) is 0 Å². The molecule has 4 heteroatoms. The van der Waals surface area contributed by atoms with E-state index in [9.17, 15) is 5.11 Å². The largest absolute Gasteiger partial charge is 0.492 e. The molecule has 1 aromatic carbocycles. The van der Waals surface area contributed by atoms with Crippen molar-refractivity contribution in [2.45, 2.75) is 25.9 Å². The van der Waals surface area contributed by atoms with Gasteiger partial charge in [-0.1, -0.05) is 12.1 Å². The molecule has 0 aliphatic heterocycles. The van der Waals surface area contributed by atoms with Gasteiger partial charge in [-0.25, -0.2) is 0 Å². The minimum absolute atomic E-state index is 0.249. The number of rotatable bonds is 8. The van der Waals surface area contributed by atoms with Crippen molar-refractivity contribution in [1.29, 1.82) is 5.26 Å². The van der Waals surface area contributed by atoms with Gasteiger partial charge >= 0.3 is 0 Å². The van der Waals surface area contributed by atoms with Crippen molar-refractivity contribution >= 4 is 0 Å². The fourth-order valence-electron chi connectivity index (χ4n) is 1.72. The van der Waals surface area contributed by atoms with Crippen LogP contribution in [-0.4, -0.2) is 42.9 Å². The maximum Gasteiger partial charge on any atom is 0.137 e. The van der Waals surface area contributed by atoms with Crippen molar-refractivity contribution in [2.24, 2.45) is 0 Å². The molecule has 1 atom stereocenters. The predicted molar refractivity (Wildman–Crippen MR) is 75.1 cm³/mol. The molecule has 0 bridgehead atoms. The molecule has 0 aliphatic rings. The standard InChI is InChI=1S/C15H22N2O2/c1-13(18)8-10-17(2)9-5-11-19-15-7-4-3-6-14(15)12-16/h3-4,6-7,13,18H,5,8-11H2,1-2H3. The summed E-state index contributed by atoms with van der Waals surface area (Å²) in [5.74, 6) is 0.650. The Morgan fingerprint density at radius 2 is 2.11 bits per heavy atom. The van der Waals surface area contributed by atoms with E-state index in [4.69, 9.17) is 10.00 Å². The number of hydrogen-bond acceptors (Lipinski definition) is 4. The number of nitriles is 1. The van der Waals surface area contributed by atoms with Crippen LogP contribution < -0.4 is 4.74 Å². The molecule has 1 rings (SSSR count). The smallest absolute Gasteiger partial charge is 0.137 e. The van der Waals surface area contributed by atoms with E-state index in [1.807, 2.05) is 25.2 Å². The first kappa shape index (κ1) is 15.5. The van der Waals surface area contributed by atoms with Crippen LogP contribution in [0, 0.1) is 11.3 Å². The van der Waals surface area contributed by atoms with Gasteiger partial charge in [-0.15, -0.1) is 0 Å². The van der Waals surface area contributed by atoms with E-state index < -0.39 is 0 Å². The summed E-state index contributed by atoms with van der Waals surface area (Å²) in [7, 11) is 2.03. The van der Waals surface area contributed by atoms with E-state index in [1.165, 1.54) is 0 Å². The second kappa shape index (κ2) is 8.52. The van der Waals surface area contributed by atoms with E-state index >= 15 is 0 Å². The Morgan fingerprint density at radius 1 is 1.37 bits per heavy atom. The summed E-state index contributed by atoms with van der Waals surface area (Å²) >= 11 is 0. The predicted octanol–water partition coefficient (Wildman–Crippen LogP) is 2.03. The third kappa shape index (κ3) is 6.23. The van der Waals surface area contributed by atoms with Gasteiger partial charge in [0.1, 0.15) is 11.8 Å².